The van der Waals surface area contributed by atoms with Gasteiger partial charge in [-0.3, -0.25) is 5.32 Å². The highest BCUT2D eigenvalue weighted by Gasteiger charge is 2.26. The first-order valence-electron chi connectivity index (χ1n) is 8.77. The Kier molecular flexibility index (Phi) is 6.15. The van der Waals surface area contributed by atoms with Crippen LogP contribution in [0, 0.1) is 12.7 Å². The Morgan fingerprint density at radius 2 is 1.93 bits per heavy atom. The SMILES string of the molecule is Cc1ccc(CNC(=O)Nc2nc(C(C)(C)c3ccc(Br)cc3)cs2)cc1F. The van der Waals surface area contributed by atoms with Gasteiger partial charge in [-0.25, -0.2) is 14.2 Å². The van der Waals surface area contributed by atoms with Crippen LogP contribution in [0.2, 0.25) is 0 Å². The molecule has 0 aliphatic heterocycles. The molecule has 2 amide bonds. The number of amides is 2. The minimum absolute atomic E-state index is 0.242. The average molecular weight is 462 g/mol. The van der Waals surface area contributed by atoms with Crippen molar-refractivity contribution in [2.24, 2.45) is 0 Å². The van der Waals surface area contributed by atoms with Gasteiger partial charge in [0.25, 0.3) is 0 Å². The maximum absolute atomic E-state index is 13.6. The zero-order chi connectivity index (χ0) is 20.3. The smallest absolute Gasteiger partial charge is 0.321 e. The summed E-state index contributed by atoms with van der Waals surface area (Å²) in [5, 5.41) is 7.94. The first kappa shape index (κ1) is 20.5. The van der Waals surface area contributed by atoms with Crippen LogP contribution in [0.25, 0.3) is 0 Å². The van der Waals surface area contributed by atoms with Gasteiger partial charge in [-0.2, -0.15) is 0 Å². The van der Waals surface area contributed by atoms with E-state index in [1.807, 2.05) is 17.5 Å². The number of carbonyl (C=O) groups excluding carboxylic acids is 1. The average Bonchev–Trinajstić information content (AvgIpc) is 3.12. The van der Waals surface area contributed by atoms with Gasteiger partial charge < -0.3 is 5.32 Å². The second kappa shape index (κ2) is 8.41. The summed E-state index contributed by atoms with van der Waals surface area (Å²) in [5.41, 5.74) is 3.02. The normalized spacial score (nSPS) is 11.3. The van der Waals surface area contributed by atoms with Gasteiger partial charge >= 0.3 is 6.03 Å². The lowest BCUT2D eigenvalue weighted by Crippen LogP contribution is -2.28. The van der Waals surface area contributed by atoms with Gasteiger partial charge in [0.1, 0.15) is 5.82 Å². The van der Waals surface area contributed by atoms with Gasteiger partial charge in [0, 0.05) is 21.8 Å². The molecule has 0 aliphatic rings. The molecule has 0 radical (unpaired) electrons. The Bertz CT molecular complexity index is 986. The van der Waals surface area contributed by atoms with E-state index in [1.165, 1.54) is 17.4 Å². The van der Waals surface area contributed by atoms with Gasteiger partial charge in [0.2, 0.25) is 0 Å². The van der Waals surface area contributed by atoms with Crippen molar-refractivity contribution in [1.82, 2.24) is 10.3 Å². The van der Waals surface area contributed by atoms with Crippen LogP contribution >= 0.6 is 27.3 Å². The summed E-state index contributed by atoms with van der Waals surface area (Å²) in [4.78, 5) is 16.7. The molecular weight excluding hydrogens is 441 g/mol. The molecule has 1 aromatic heterocycles. The number of aromatic nitrogens is 1. The molecule has 0 saturated heterocycles. The minimum Gasteiger partial charge on any atom is -0.334 e. The number of hydrogen-bond acceptors (Lipinski definition) is 3. The lowest BCUT2D eigenvalue weighted by atomic mass is 9.82. The Balaban J connectivity index is 1.62. The number of carbonyl (C=O) groups is 1. The fraction of sp³-hybridized carbons (Fsp3) is 0.238. The number of benzene rings is 2. The van der Waals surface area contributed by atoms with Crippen LogP contribution in [0.3, 0.4) is 0 Å². The maximum atomic E-state index is 13.6. The second-order valence-electron chi connectivity index (χ2n) is 7.06. The number of urea groups is 1. The van der Waals surface area contributed by atoms with Crippen molar-refractivity contribution < 1.29 is 9.18 Å². The number of nitrogens with zero attached hydrogens (tertiary/aromatic N) is 1. The molecule has 1 heterocycles. The molecule has 0 aliphatic carbocycles. The maximum Gasteiger partial charge on any atom is 0.321 e. The highest BCUT2D eigenvalue weighted by atomic mass is 79.9. The molecule has 2 aromatic carbocycles. The fourth-order valence-electron chi connectivity index (χ4n) is 2.70. The molecule has 28 heavy (non-hydrogen) atoms. The topological polar surface area (TPSA) is 54.0 Å². The largest absolute Gasteiger partial charge is 0.334 e. The van der Waals surface area contributed by atoms with Crippen molar-refractivity contribution in [1.29, 1.82) is 0 Å². The number of rotatable bonds is 5. The van der Waals surface area contributed by atoms with Crippen LogP contribution in [0.4, 0.5) is 14.3 Å². The zero-order valence-corrected chi connectivity index (χ0v) is 18.2. The molecule has 3 rings (SSSR count). The number of hydrogen-bond donors (Lipinski definition) is 2. The Morgan fingerprint density at radius 3 is 2.61 bits per heavy atom. The quantitative estimate of drug-likeness (QED) is 0.489. The summed E-state index contributed by atoms with van der Waals surface area (Å²) in [6.45, 7) is 6.14. The third-order valence-electron chi connectivity index (χ3n) is 4.62. The zero-order valence-electron chi connectivity index (χ0n) is 15.8. The predicted octanol–water partition coefficient (Wildman–Crippen LogP) is 6.00. The molecule has 0 unspecified atom stereocenters. The van der Waals surface area contributed by atoms with Gasteiger partial charge in [0.05, 0.1) is 5.69 Å². The van der Waals surface area contributed by atoms with E-state index in [0.717, 1.165) is 15.7 Å². The van der Waals surface area contributed by atoms with Gasteiger partial charge in [0.15, 0.2) is 5.13 Å². The third-order valence-corrected chi connectivity index (χ3v) is 5.91. The molecule has 7 heteroatoms. The van der Waals surface area contributed by atoms with Crippen molar-refractivity contribution in [2.45, 2.75) is 32.7 Å². The van der Waals surface area contributed by atoms with E-state index in [-0.39, 0.29) is 23.8 Å². The van der Waals surface area contributed by atoms with Crippen LogP contribution in [0.1, 0.15) is 36.2 Å². The third kappa shape index (κ3) is 4.77. The predicted molar refractivity (Wildman–Crippen MR) is 115 cm³/mol. The highest BCUT2D eigenvalue weighted by molar-refractivity contribution is 9.10. The number of halogens is 2. The van der Waals surface area contributed by atoms with Crippen LogP contribution in [0.5, 0.6) is 0 Å². The Labute approximate surface area is 176 Å². The summed E-state index contributed by atoms with van der Waals surface area (Å²) in [5.74, 6) is -0.278. The fourth-order valence-corrected chi connectivity index (χ4v) is 3.84. The van der Waals surface area contributed by atoms with E-state index in [0.29, 0.717) is 16.3 Å². The number of aryl methyl sites for hydroxylation is 1. The lowest BCUT2D eigenvalue weighted by Gasteiger charge is -2.23. The summed E-state index contributed by atoms with van der Waals surface area (Å²) < 4.78 is 14.6. The molecule has 0 fully saturated rings. The van der Waals surface area contributed by atoms with Gasteiger partial charge in [-0.05, 0) is 41.8 Å². The Hall–Kier alpha value is -2.25. The molecule has 0 bridgehead atoms. The number of nitrogens with one attached hydrogen (secondary N) is 2. The summed E-state index contributed by atoms with van der Waals surface area (Å²) >= 11 is 4.83. The standard InChI is InChI=1S/C21H21BrFN3OS/c1-13-4-5-14(10-17(13)23)11-24-19(27)26-20-25-18(12-28-20)21(2,3)15-6-8-16(22)9-7-15/h4-10,12H,11H2,1-3H3,(H2,24,25,26,27). The van der Waals surface area contributed by atoms with E-state index >= 15 is 0 Å². The van der Waals surface area contributed by atoms with Crippen LogP contribution in [0.15, 0.2) is 52.3 Å². The van der Waals surface area contributed by atoms with Crippen molar-refractivity contribution in [3.63, 3.8) is 0 Å². The molecular formula is C21H21BrFN3OS. The molecule has 3 aromatic rings. The summed E-state index contributed by atoms with van der Waals surface area (Å²) in [7, 11) is 0. The van der Waals surface area contributed by atoms with E-state index in [4.69, 9.17) is 0 Å². The van der Waals surface area contributed by atoms with Gasteiger partial charge in [-0.1, -0.05) is 54.0 Å². The van der Waals surface area contributed by atoms with Crippen molar-refractivity contribution in [3.05, 3.63) is 80.5 Å². The van der Waals surface area contributed by atoms with Crippen molar-refractivity contribution >= 4 is 38.4 Å². The van der Waals surface area contributed by atoms with Crippen molar-refractivity contribution in [2.75, 3.05) is 5.32 Å². The van der Waals surface area contributed by atoms with Crippen LogP contribution in [-0.2, 0) is 12.0 Å². The minimum atomic E-state index is -0.372. The van der Waals surface area contributed by atoms with Gasteiger partial charge in [-0.15, -0.1) is 11.3 Å². The molecule has 4 nitrogen and oxygen atoms in total. The van der Waals surface area contributed by atoms with Crippen LogP contribution in [-0.4, -0.2) is 11.0 Å². The molecule has 0 saturated carbocycles. The lowest BCUT2D eigenvalue weighted by molar-refractivity contribution is 0.251. The first-order chi connectivity index (χ1) is 13.3. The summed E-state index contributed by atoms with van der Waals surface area (Å²) in [6, 6.07) is 12.7. The number of anilines is 1. The monoisotopic (exact) mass is 461 g/mol. The van der Waals surface area contributed by atoms with Crippen molar-refractivity contribution in [3.8, 4) is 0 Å². The number of thiazole rings is 1. The van der Waals surface area contributed by atoms with Crippen LogP contribution < -0.4 is 10.6 Å². The van der Waals surface area contributed by atoms with E-state index in [1.54, 1.807) is 19.1 Å². The second-order valence-corrected chi connectivity index (χ2v) is 8.83. The first-order valence-corrected chi connectivity index (χ1v) is 10.4. The molecule has 0 spiro atoms. The highest BCUT2D eigenvalue weighted by Crippen LogP contribution is 2.33. The molecule has 2 N–H and O–H groups in total. The molecule has 146 valence electrons. The molecule has 0 atom stereocenters. The Morgan fingerprint density at radius 1 is 1.21 bits per heavy atom. The van der Waals surface area contributed by atoms with E-state index in [2.05, 4.69) is 57.5 Å². The van der Waals surface area contributed by atoms with E-state index in [9.17, 15) is 9.18 Å². The van der Waals surface area contributed by atoms with E-state index < -0.39 is 0 Å². The summed E-state index contributed by atoms with van der Waals surface area (Å²) in [6.07, 6.45) is 0.